The maximum atomic E-state index is 13.5. The summed E-state index contributed by atoms with van der Waals surface area (Å²) in [6.45, 7) is 5.46. The van der Waals surface area contributed by atoms with Crippen molar-refractivity contribution in [3.63, 3.8) is 0 Å². The number of hydrogen-bond donors (Lipinski definition) is 0. The van der Waals surface area contributed by atoms with Gasteiger partial charge in [0, 0.05) is 29.3 Å². The lowest BCUT2D eigenvalue weighted by Gasteiger charge is -2.26. The molecule has 1 aliphatic rings. The fourth-order valence-electron chi connectivity index (χ4n) is 3.18. The molecule has 0 saturated carbocycles. The number of rotatable bonds is 3. The standard InChI is InChI=1S/C18H18F3N3O/c1-4-15-23-17(25-24-15)16-11(3)22-10(2)9-13(16)12-7-5-6-8-14(12)18(19,20)21/h5-8,13H,4,9H2,1-3H3. The van der Waals surface area contributed by atoms with Crippen LogP contribution < -0.4 is 0 Å². The Labute approximate surface area is 143 Å². The summed E-state index contributed by atoms with van der Waals surface area (Å²) in [6, 6.07) is 5.63. The average Bonchev–Trinajstić information content (AvgIpc) is 3.02. The van der Waals surface area contributed by atoms with Crippen LogP contribution in [0.4, 0.5) is 13.2 Å². The second-order valence-electron chi connectivity index (χ2n) is 6.06. The molecule has 132 valence electrons. The Balaban J connectivity index is 2.17. The third-order valence-corrected chi connectivity index (χ3v) is 4.25. The van der Waals surface area contributed by atoms with Crippen molar-refractivity contribution < 1.29 is 17.7 Å². The summed E-state index contributed by atoms with van der Waals surface area (Å²) < 4.78 is 45.8. The van der Waals surface area contributed by atoms with Crippen LogP contribution in [0.3, 0.4) is 0 Å². The lowest BCUT2D eigenvalue weighted by atomic mass is 9.81. The Morgan fingerprint density at radius 2 is 1.92 bits per heavy atom. The number of aromatic nitrogens is 2. The van der Waals surface area contributed by atoms with Crippen LogP contribution in [0.5, 0.6) is 0 Å². The quantitative estimate of drug-likeness (QED) is 0.781. The molecule has 2 heterocycles. The topological polar surface area (TPSA) is 51.3 Å². The van der Waals surface area contributed by atoms with Crippen molar-refractivity contribution in [3.05, 3.63) is 52.8 Å². The summed E-state index contributed by atoms with van der Waals surface area (Å²) >= 11 is 0. The molecule has 0 bridgehead atoms. The van der Waals surface area contributed by atoms with Gasteiger partial charge in [0.1, 0.15) is 0 Å². The summed E-state index contributed by atoms with van der Waals surface area (Å²) in [5.74, 6) is 0.234. The molecule has 7 heteroatoms. The van der Waals surface area contributed by atoms with Crippen molar-refractivity contribution in [2.75, 3.05) is 0 Å². The lowest BCUT2D eigenvalue weighted by Crippen LogP contribution is -2.18. The molecule has 0 spiro atoms. The molecule has 0 radical (unpaired) electrons. The number of benzene rings is 1. The molecule has 1 aromatic heterocycles. The minimum Gasteiger partial charge on any atom is -0.334 e. The van der Waals surface area contributed by atoms with Gasteiger partial charge in [0.05, 0.1) is 5.56 Å². The van der Waals surface area contributed by atoms with E-state index in [0.29, 0.717) is 29.9 Å². The Morgan fingerprint density at radius 1 is 1.20 bits per heavy atom. The summed E-state index contributed by atoms with van der Waals surface area (Å²) in [5, 5.41) is 3.87. The van der Waals surface area contributed by atoms with E-state index < -0.39 is 17.7 Å². The number of aliphatic imine (C=N–C) groups is 1. The molecule has 1 aromatic carbocycles. The third-order valence-electron chi connectivity index (χ3n) is 4.25. The number of alkyl halides is 3. The molecule has 0 amide bonds. The van der Waals surface area contributed by atoms with Crippen LogP contribution in [0.1, 0.15) is 56.0 Å². The van der Waals surface area contributed by atoms with E-state index in [1.165, 1.54) is 12.1 Å². The fourth-order valence-corrected chi connectivity index (χ4v) is 3.18. The van der Waals surface area contributed by atoms with E-state index in [1.807, 2.05) is 13.8 Å². The zero-order valence-corrected chi connectivity index (χ0v) is 14.2. The van der Waals surface area contributed by atoms with Crippen LogP contribution in [-0.2, 0) is 12.6 Å². The second kappa shape index (κ2) is 6.46. The maximum absolute atomic E-state index is 13.5. The van der Waals surface area contributed by atoms with Gasteiger partial charge in [-0.15, -0.1) is 0 Å². The maximum Gasteiger partial charge on any atom is 0.416 e. The molecule has 1 atom stereocenters. The van der Waals surface area contributed by atoms with Gasteiger partial charge >= 0.3 is 6.18 Å². The van der Waals surface area contributed by atoms with Crippen LogP contribution in [0.25, 0.3) is 5.57 Å². The van der Waals surface area contributed by atoms with Crippen LogP contribution in [0.15, 0.2) is 39.5 Å². The van der Waals surface area contributed by atoms with Gasteiger partial charge in [-0.25, -0.2) is 0 Å². The summed E-state index contributed by atoms with van der Waals surface area (Å²) in [6.07, 6.45) is -3.47. The molecule has 0 saturated heterocycles. The molecule has 0 aliphatic carbocycles. The highest BCUT2D eigenvalue weighted by molar-refractivity contribution is 5.90. The molecule has 3 rings (SSSR count). The van der Waals surface area contributed by atoms with E-state index >= 15 is 0 Å². The van der Waals surface area contributed by atoms with Crippen LogP contribution in [0.2, 0.25) is 0 Å². The normalized spacial score (nSPS) is 18.5. The first-order chi connectivity index (χ1) is 11.8. The first-order valence-electron chi connectivity index (χ1n) is 8.05. The van der Waals surface area contributed by atoms with Crippen molar-refractivity contribution in [1.82, 2.24) is 10.1 Å². The third kappa shape index (κ3) is 3.36. The lowest BCUT2D eigenvalue weighted by molar-refractivity contribution is -0.138. The molecule has 2 aromatic rings. The molecule has 0 fully saturated rings. The smallest absolute Gasteiger partial charge is 0.334 e. The fraction of sp³-hybridized carbons (Fsp3) is 0.389. The highest BCUT2D eigenvalue weighted by Gasteiger charge is 2.38. The van der Waals surface area contributed by atoms with E-state index in [-0.39, 0.29) is 11.5 Å². The zero-order valence-electron chi connectivity index (χ0n) is 14.2. The van der Waals surface area contributed by atoms with Crippen molar-refractivity contribution >= 4 is 11.3 Å². The van der Waals surface area contributed by atoms with Crippen molar-refractivity contribution in [1.29, 1.82) is 0 Å². The average molecular weight is 349 g/mol. The predicted molar refractivity (Wildman–Crippen MR) is 88.2 cm³/mol. The Morgan fingerprint density at radius 3 is 2.56 bits per heavy atom. The van der Waals surface area contributed by atoms with Crippen LogP contribution >= 0.6 is 0 Å². The molecule has 1 unspecified atom stereocenters. The van der Waals surface area contributed by atoms with Gasteiger partial charge in [0.25, 0.3) is 5.89 Å². The van der Waals surface area contributed by atoms with Crippen LogP contribution in [-0.4, -0.2) is 15.9 Å². The van der Waals surface area contributed by atoms with Gasteiger partial charge in [-0.2, -0.15) is 18.2 Å². The monoisotopic (exact) mass is 349 g/mol. The Bertz CT molecular complexity index is 849. The number of nitrogens with zero attached hydrogens (tertiary/aromatic N) is 3. The minimum atomic E-state index is -4.43. The predicted octanol–water partition coefficient (Wildman–Crippen LogP) is 5.03. The van der Waals surface area contributed by atoms with Crippen LogP contribution in [0, 0.1) is 0 Å². The summed E-state index contributed by atoms with van der Waals surface area (Å²) in [7, 11) is 0. The van der Waals surface area contributed by atoms with Crippen molar-refractivity contribution in [2.45, 2.75) is 45.7 Å². The van der Waals surface area contributed by atoms with Gasteiger partial charge in [-0.1, -0.05) is 30.3 Å². The Kier molecular flexibility index (Phi) is 4.49. The molecular formula is C18H18F3N3O. The Hall–Kier alpha value is -2.44. The minimum absolute atomic E-state index is 0.204. The van der Waals surface area contributed by atoms with E-state index in [0.717, 1.165) is 11.8 Å². The SMILES string of the molecule is CCc1noc(C2=C(C)N=C(C)CC2c2ccccc2C(F)(F)F)n1. The number of aryl methyl sites for hydroxylation is 1. The molecule has 0 N–H and O–H groups in total. The summed E-state index contributed by atoms with van der Waals surface area (Å²) in [5.41, 5.74) is 1.51. The number of hydrogen-bond acceptors (Lipinski definition) is 4. The van der Waals surface area contributed by atoms with Gasteiger partial charge < -0.3 is 4.52 Å². The molecule has 25 heavy (non-hydrogen) atoms. The molecule has 1 aliphatic heterocycles. The number of allylic oxidation sites excluding steroid dienone is 2. The van der Waals surface area contributed by atoms with Crippen molar-refractivity contribution in [2.24, 2.45) is 4.99 Å². The first kappa shape index (κ1) is 17.4. The second-order valence-corrected chi connectivity index (χ2v) is 6.06. The zero-order chi connectivity index (χ0) is 18.2. The molecule has 4 nitrogen and oxygen atoms in total. The van der Waals surface area contributed by atoms with E-state index in [9.17, 15) is 13.2 Å². The highest BCUT2D eigenvalue weighted by Crippen LogP contribution is 2.44. The molecular weight excluding hydrogens is 331 g/mol. The number of halogens is 3. The van der Waals surface area contributed by atoms with Gasteiger partial charge in [-0.3, -0.25) is 4.99 Å². The van der Waals surface area contributed by atoms with Crippen molar-refractivity contribution in [3.8, 4) is 0 Å². The van der Waals surface area contributed by atoms with Gasteiger partial charge in [-0.05, 0) is 31.9 Å². The van der Waals surface area contributed by atoms with E-state index in [4.69, 9.17) is 4.52 Å². The highest BCUT2D eigenvalue weighted by atomic mass is 19.4. The van der Waals surface area contributed by atoms with Gasteiger partial charge in [0.2, 0.25) is 0 Å². The largest absolute Gasteiger partial charge is 0.416 e. The van der Waals surface area contributed by atoms with Gasteiger partial charge in [0.15, 0.2) is 5.82 Å². The first-order valence-corrected chi connectivity index (χ1v) is 8.05. The van der Waals surface area contributed by atoms with E-state index in [2.05, 4.69) is 15.1 Å². The summed E-state index contributed by atoms with van der Waals surface area (Å²) in [4.78, 5) is 8.74. The van der Waals surface area contributed by atoms with E-state index in [1.54, 1.807) is 13.0 Å².